The van der Waals surface area contributed by atoms with Gasteiger partial charge in [-0.15, -0.1) is 10.2 Å². The van der Waals surface area contributed by atoms with Gasteiger partial charge in [0.2, 0.25) is 5.75 Å². The highest BCUT2D eigenvalue weighted by atomic mass is 16.6. The third-order valence-electron chi connectivity index (χ3n) is 2.79. The highest BCUT2D eigenvalue weighted by molar-refractivity contribution is 5.71. The molecule has 0 fully saturated rings. The van der Waals surface area contributed by atoms with Crippen LogP contribution in [0, 0.1) is 10.1 Å². The Bertz CT molecular complexity index is 611. The van der Waals surface area contributed by atoms with Crippen LogP contribution in [0.4, 0.5) is 5.69 Å². The van der Waals surface area contributed by atoms with Gasteiger partial charge in [0.1, 0.15) is 6.33 Å². The fourth-order valence-corrected chi connectivity index (χ4v) is 1.88. The van der Waals surface area contributed by atoms with Crippen LogP contribution in [0.3, 0.4) is 0 Å². The van der Waals surface area contributed by atoms with Crippen LogP contribution in [0.25, 0.3) is 11.4 Å². The van der Waals surface area contributed by atoms with Gasteiger partial charge in [-0.05, 0) is 6.07 Å². The van der Waals surface area contributed by atoms with Crippen LogP contribution < -0.4 is 4.74 Å². The maximum atomic E-state index is 11.0. The molecule has 0 aliphatic heterocycles. The number of para-hydroxylation sites is 1. The number of nitro groups is 1. The standard InChI is InChI=1S/C12H14N4O4/c1-19-7-6-15-8-13-14-12(15)9-4-3-5-10(16(17)18)11(9)20-2/h3-5,8H,6-7H2,1-2H3. The van der Waals surface area contributed by atoms with E-state index in [0.717, 1.165) is 0 Å². The summed E-state index contributed by atoms with van der Waals surface area (Å²) in [5.41, 5.74) is 0.418. The van der Waals surface area contributed by atoms with Crippen LogP contribution in [0.1, 0.15) is 0 Å². The third-order valence-corrected chi connectivity index (χ3v) is 2.79. The third kappa shape index (κ3) is 2.59. The average molecular weight is 278 g/mol. The minimum absolute atomic E-state index is 0.105. The number of rotatable bonds is 6. The molecule has 1 heterocycles. The Labute approximate surface area is 115 Å². The molecule has 20 heavy (non-hydrogen) atoms. The maximum absolute atomic E-state index is 11.0. The molecule has 1 aromatic carbocycles. The SMILES string of the molecule is COCCn1cnnc1-c1cccc([N+](=O)[O-])c1OC. The molecule has 1 aromatic heterocycles. The summed E-state index contributed by atoms with van der Waals surface area (Å²) in [6.45, 7) is 1.03. The summed E-state index contributed by atoms with van der Waals surface area (Å²) in [5.74, 6) is 0.673. The van der Waals surface area contributed by atoms with Crippen molar-refractivity contribution in [1.29, 1.82) is 0 Å². The second kappa shape index (κ2) is 6.11. The first-order valence-corrected chi connectivity index (χ1v) is 5.87. The molecule has 8 heteroatoms. The van der Waals surface area contributed by atoms with Gasteiger partial charge in [-0.2, -0.15) is 0 Å². The lowest BCUT2D eigenvalue weighted by molar-refractivity contribution is -0.385. The number of hydrogen-bond acceptors (Lipinski definition) is 6. The van der Waals surface area contributed by atoms with Crippen LogP contribution in [-0.2, 0) is 11.3 Å². The molecule has 0 aliphatic carbocycles. The molecule has 0 N–H and O–H groups in total. The number of benzene rings is 1. The van der Waals surface area contributed by atoms with Crippen molar-refractivity contribution in [2.45, 2.75) is 6.54 Å². The van der Waals surface area contributed by atoms with Crippen LogP contribution in [0.15, 0.2) is 24.5 Å². The molecular formula is C12H14N4O4. The van der Waals surface area contributed by atoms with Gasteiger partial charge in [-0.25, -0.2) is 0 Å². The topological polar surface area (TPSA) is 92.3 Å². The zero-order chi connectivity index (χ0) is 14.5. The summed E-state index contributed by atoms with van der Waals surface area (Å²) in [6.07, 6.45) is 1.55. The van der Waals surface area contributed by atoms with E-state index in [1.807, 2.05) is 0 Å². The van der Waals surface area contributed by atoms with Gasteiger partial charge < -0.3 is 14.0 Å². The largest absolute Gasteiger partial charge is 0.490 e. The number of aromatic nitrogens is 3. The lowest BCUT2D eigenvalue weighted by Gasteiger charge is -2.09. The first-order valence-electron chi connectivity index (χ1n) is 5.87. The Balaban J connectivity index is 2.50. The van der Waals surface area contributed by atoms with Crippen molar-refractivity contribution in [3.05, 3.63) is 34.6 Å². The second-order valence-corrected chi connectivity index (χ2v) is 3.96. The molecule has 0 saturated carbocycles. The van der Waals surface area contributed by atoms with Crippen molar-refractivity contribution >= 4 is 5.69 Å². The molecular weight excluding hydrogens is 264 g/mol. The molecule has 0 atom stereocenters. The van der Waals surface area contributed by atoms with Gasteiger partial charge >= 0.3 is 5.69 Å². The van der Waals surface area contributed by atoms with Gasteiger partial charge in [0.25, 0.3) is 0 Å². The Hall–Kier alpha value is -2.48. The van der Waals surface area contributed by atoms with E-state index in [-0.39, 0.29) is 11.4 Å². The number of ether oxygens (including phenoxy) is 2. The highest BCUT2D eigenvalue weighted by Crippen LogP contribution is 2.36. The quantitative estimate of drug-likeness (QED) is 0.587. The van der Waals surface area contributed by atoms with Gasteiger partial charge in [0.05, 0.1) is 24.2 Å². The number of methoxy groups -OCH3 is 2. The molecule has 2 rings (SSSR count). The van der Waals surface area contributed by atoms with Crippen molar-refractivity contribution in [3.8, 4) is 17.1 Å². The maximum Gasteiger partial charge on any atom is 0.311 e. The molecule has 0 bridgehead atoms. The van der Waals surface area contributed by atoms with Gasteiger partial charge in [-0.3, -0.25) is 10.1 Å². The Kier molecular flexibility index (Phi) is 4.26. The molecule has 0 saturated heterocycles. The number of nitro benzene ring substituents is 1. The summed E-state index contributed by atoms with van der Waals surface area (Å²) >= 11 is 0. The first kappa shape index (κ1) is 13.9. The predicted octanol–water partition coefficient (Wildman–Crippen LogP) is 1.51. The summed E-state index contributed by atoms with van der Waals surface area (Å²) in [7, 11) is 2.99. The molecule has 8 nitrogen and oxygen atoms in total. The molecule has 0 spiro atoms. The van der Waals surface area contributed by atoms with E-state index < -0.39 is 4.92 Å². The van der Waals surface area contributed by atoms with Crippen molar-refractivity contribution in [2.75, 3.05) is 20.8 Å². The molecule has 106 valence electrons. The van der Waals surface area contributed by atoms with Crippen molar-refractivity contribution < 1.29 is 14.4 Å². The molecule has 2 aromatic rings. The second-order valence-electron chi connectivity index (χ2n) is 3.96. The molecule has 0 radical (unpaired) electrons. The van der Waals surface area contributed by atoms with Crippen LogP contribution in [0.5, 0.6) is 5.75 Å². The van der Waals surface area contributed by atoms with Gasteiger partial charge in [0, 0.05) is 19.7 Å². The zero-order valence-electron chi connectivity index (χ0n) is 11.1. The van der Waals surface area contributed by atoms with Gasteiger partial charge in [-0.1, -0.05) is 6.07 Å². The fourth-order valence-electron chi connectivity index (χ4n) is 1.88. The summed E-state index contributed by atoms with van der Waals surface area (Å²) < 4.78 is 11.9. The normalized spacial score (nSPS) is 10.5. The number of hydrogen-bond donors (Lipinski definition) is 0. The van der Waals surface area contributed by atoms with Crippen molar-refractivity contribution in [1.82, 2.24) is 14.8 Å². The van der Waals surface area contributed by atoms with E-state index in [0.29, 0.717) is 24.5 Å². The fraction of sp³-hybridized carbons (Fsp3) is 0.333. The molecule has 0 unspecified atom stereocenters. The summed E-state index contributed by atoms with van der Waals surface area (Å²) in [4.78, 5) is 10.5. The van der Waals surface area contributed by atoms with Gasteiger partial charge in [0.15, 0.2) is 5.82 Å². The first-order chi connectivity index (χ1) is 9.69. The summed E-state index contributed by atoms with van der Waals surface area (Å²) in [6, 6.07) is 4.68. The van der Waals surface area contributed by atoms with Crippen LogP contribution in [-0.4, -0.2) is 40.5 Å². The number of nitrogens with zero attached hydrogens (tertiary/aromatic N) is 4. The Morgan fingerprint density at radius 1 is 1.40 bits per heavy atom. The molecule has 0 amide bonds. The predicted molar refractivity (Wildman–Crippen MR) is 70.5 cm³/mol. The smallest absolute Gasteiger partial charge is 0.311 e. The highest BCUT2D eigenvalue weighted by Gasteiger charge is 2.22. The van der Waals surface area contributed by atoms with E-state index >= 15 is 0 Å². The van der Waals surface area contributed by atoms with E-state index in [1.54, 1.807) is 30.1 Å². The van der Waals surface area contributed by atoms with Crippen LogP contribution in [0.2, 0.25) is 0 Å². The molecule has 0 aliphatic rings. The lowest BCUT2D eigenvalue weighted by Crippen LogP contribution is -2.06. The van der Waals surface area contributed by atoms with E-state index in [4.69, 9.17) is 9.47 Å². The average Bonchev–Trinajstić information content (AvgIpc) is 2.92. The van der Waals surface area contributed by atoms with E-state index in [9.17, 15) is 10.1 Å². The Morgan fingerprint density at radius 2 is 2.20 bits per heavy atom. The Morgan fingerprint density at radius 3 is 2.85 bits per heavy atom. The summed E-state index contributed by atoms with van der Waals surface area (Å²) in [5, 5.41) is 18.9. The zero-order valence-corrected chi connectivity index (χ0v) is 11.1. The van der Waals surface area contributed by atoms with Crippen LogP contribution >= 0.6 is 0 Å². The lowest BCUT2D eigenvalue weighted by atomic mass is 10.1. The van der Waals surface area contributed by atoms with Crippen molar-refractivity contribution in [3.63, 3.8) is 0 Å². The minimum Gasteiger partial charge on any atom is -0.490 e. The monoisotopic (exact) mass is 278 g/mol. The van der Waals surface area contributed by atoms with E-state index in [2.05, 4.69) is 10.2 Å². The van der Waals surface area contributed by atoms with E-state index in [1.165, 1.54) is 13.2 Å². The van der Waals surface area contributed by atoms with Crippen molar-refractivity contribution in [2.24, 2.45) is 0 Å². The minimum atomic E-state index is -0.488.